The van der Waals surface area contributed by atoms with Gasteiger partial charge in [0.2, 0.25) is 11.8 Å². The lowest BCUT2D eigenvalue weighted by Crippen LogP contribution is -2.36. The maximum atomic E-state index is 13.5. The summed E-state index contributed by atoms with van der Waals surface area (Å²) in [5.74, 6) is 0.155. The SMILES string of the molecule is CCC(C)NC(=O)CSc1nc2c(sc3ccccc32)c(=O)n1CCCC(=O)NC1CCCCC1. The smallest absolute Gasteiger partial charge is 0.272 e. The van der Waals surface area contributed by atoms with Gasteiger partial charge in [0.05, 0.1) is 11.3 Å². The third-order valence-electron chi connectivity index (χ3n) is 6.55. The Hall–Kier alpha value is -2.39. The number of amides is 2. The topological polar surface area (TPSA) is 93.1 Å². The molecule has 0 saturated heterocycles. The normalized spacial score (nSPS) is 15.4. The Kier molecular flexibility index (Phi) is 8.83. The molecule has 1 aliphatic rings. The second-order valence-electron chi connectivity index (χ2n) is 9.30. The lowest BCUT2D eigenvalue weighted by atomic mass is 9.95. The predicted octanol–water partition coefficient (Wildman–Crippen LogP) is 4.85. The maximum absolute atomic E-state index is 13.5. The predicted molar refractivity (Wildman–Crippen MR) is 144 cm³/mol. The molecular weight excluding hydrogens is 480 g/mol. The van der Waals surface area contributed by atoms with Crippen molar-refractivity contribution in [3.05, 3.63) is 34.6 Å². The first kappa shape index (κ1) is 25.7. The number of aromatic nitrogens is 2. The summed E-state index contributed by atoms with van der Waals surface area (Å²) in [5.41, 5.74) is 0.584. The zero-order chi connectivity index (χ0) is 24.8. The highest BCUT2D eigenvalue weighted by Gasteiger charge is 2.19. The minimum absolute atomic E-state index is 0.0444. The van der Waals surface area contributed by atoms with Crippen molar-refractivity contribution >= 4 is 55.2 Å². The second-order valence-corrected chi connectivity index (χ2v) is 11.3. The van der Waals surface area contributed by atoms with E-state index in [9.17, 15) is 14.4 Å². The molecule has 0 radical (unpaired) electrons. The molecule has 2 N–H and O–H groups in total. The monoisotopic (exact) mass is 514 g/mol. The fraction of sp³-hybridized carbons (Fsp3) is 0.538. The van der Waals surface area contributed by atoms with E-state index in [1.54, 1.807) is 4.57 Å². The number of benzene rings is 1. The summed E-state index contributed by atoms with van der Waals surface area (Å²) < 4.78 is 3.28. The van der Waals surface area contributed by atoms with E-state index in [2.05, 4.69) is 10.6 Å². The van der Waals surface area contributed by atoms with Crippen LogP contribution in [0.1, 0.15) is 65.2 Å². The van der Waals surface area contributed by atoms with E-state index in [4.69, 9.17) is 4.98 Å². The van der Waals surface area contributed by atoms with Gasteiger partial charge < -0.3 is 10.6 Å². The second kappa shape index (κ2) is 12.0. The summed E-state index contributed by atoms with van der Waals surface area (Å²) in [7, 11) is 0. The number of thioether (sulfide) groups is 1. The molecule has 1 aromatic carbocycles. The van der Waals surface area contributed by atoms with Crippen LogP contribution in [0, 0.1) is 0 Å². The molecule has 9 heteroatoms. The summed E-state index contributed by atoms with van der Waals surface area (Å²) in [6, 6.07) is 8.25. The zero-order valence-electron chi connectivity index (χ0n) is 20.5. The molecule has 2 amide bonds. The minimum atomic E-state index is -0.103. The molecule has 1 unspecified atom stereocenters. The number of hydrogen-bond donors (Lipinski definition) is 2. The van der Waals surface area contributed by atoms with Gasteiger partial charge in [0.15, 0.2) is 5.16 Å². The number of hydrogen-bond acceptors (Lipinski definition) is 6. The Bertz CT molecular complexity index is 1250. The van der Waals surface area contributed by atoms with Crippen LogP contribution < -0.4 is 16.2 Å². The molecule has 4 rings (SSSR count). The lowest BCUT2D eigenvalue weighted by molar-refractivity contribution is -0.122. The van der Waals surface area contributed by atoms with Crippen LogP contribution in [0.4, 0.5) is 0 Å². The molecule has 2 heterocycles. The molecule has 0 spiro atoms. The van der Waals surface area contributed by atoms with Crippen molar-refractivity contribution in [3.8, 4) is 0 Å². The molecule has 1 aliphatic carbocycles. The first-order valence-electron chi connectivity index (χ1n) is 12.6. The molecule has 2 aromatic heterocycles. The van der Waals surface area contributed by atoms with Gasteiger partial charge in [0.1, 0.15) is 4.70 Å². The van der Waals surface area contributed by atoms with Crippen molar-refractivity contribution in [2.75, 3.05) is 5.75 Å². The van der Waals surface area contributed by atoms with Crippen molar-refractivity contribution in [2.45, 2.75) is 89.0 Å². The van der Waals surface area contributed by atoms with Gasteiger partial charge >= 0.3 is 0 Å². The van der Waals surface area contributed by atoms with Crippen LogP contribution in [0.5, 0.6) is 0 Å². The average molecular weight is 515 g/mol. The van der Waals surface area contributed by atoms with Gasteiger partial charge in [0.25, 0.3) is 5.56 Å². The number of nitrogens with zero attached hydrogens (tertiary/aromatic N) is 2. The van der Waals surface area contributed by atoms with Gasteiger partial charge in [-0.3, -0.25) is 19.0 Å². The number of fused-ring (bicyclic) bond motifs is 3. The standard InChI is InChI=1S/C26H34N4O3S2/c1-3-17(2)27-22(32)16-34-26-29-23-19-12-7-8-13-20(19)35-24(23)25(33)30(26)15-9-14-21(31)28-18-10-5-4-6-11-18/h7-8,12-13,17-18H,3-6,9-11,14-16H2,1-2H3,(H,27,32)(H,28,31). The molecular formula is C26H34N4O3S2. The number of rotatable bonds is 10. The Balaban J connectivity index is 1.52. The van der Waals surface area contributed by atoms with Crippen LogP contribution in [0.25, 0.3) is 20.3 Å². The highest BCUT2D eigenvalue weighted by Crippen LogP contribution is 2.31. The highest BCUT2D eigenvalue weighted by molar-refractivity contribution is 7.99. The molecule has 3 aromatic rings. The largest absolute Gasteiger partial charge is 0.353 e. The lowest BCUT2D eigenvalue weighted by Gasteiger charge is -2.22. The highest BCUT2D eigenvalue weighted by atomic mass is 32.2. The van der Waals surface area contributed by atoms with Crippen LogP contribution in [0.3, 0.4) is 0 Å². The van der Waals surface area contributed by atoms with E-state index in [1.807, 2.05) is 38.1 Å². The molecule has 35 heavy (non-hydrogen) atoms. The summed E-state index contributed by atoms with van der Waals surface area (Å²) in [4.78, 5) is 43.2. The summed E-state index contributed by atoms with van der Waals surface area (Å²) in [5, 5.41) is 7.59. The Labute approximate surface area is 214 Å². The van der Waals surface area contributed by atoms with Crippen LogP contribution in [0.2, 0.25) is 0 Å². The zero-order valence-corrected chi connectivity index (χ0v) is 22.1. The van der Waals surface area contributed by atoms with E-state index in [-0.39, 0.29) is 35.2 Å². The van der Waals surface area contributed by atoms with Gasteiger partial charge in [-0.15, -0.1) is 11.3 Å². The maximum Gasteiger partial charge on any atom is 0.272 e. The molecule has 1 saturated carbocycles. The average Bonchev–Trinajstić information content (AvgIpc) is 3.23. The third kappa shape index (κ3) is 6.44. The molecule has 1 fully saturated rings. The third-order valence-corrected chi connectivity index (χ3v) is 8.68. The van der Waals surface area contributed by atoms with Crippen LogP contribution in [-0.4, -0.2) is 39.2 Å². The number of carbonyl (C=O) groups excluding carboxylic acids is 2. The summed E-state index contributed by atoms with van der Waals surface area (Å²) >= 11 is 2.73. The van der Waals surface area contributed by atoms with E-state index >= 15 is 0 Å². The molecule has 0 aliphatic heterocycles. The van der Waals surface area contributed by atoms with Gasteiger partial charge in [-0.2, -0.15) is 0 Å². The molecule has 188 valence electrons. The number of thiophene rings is 1. The van der Waals surface area contributed by atoms with E-state index in [1.165, 1.54) is 42.4 Å². The van der Waals surface area contributed by atoms with E-state index < -0.39 is 0 Å². The summed E-state index contributed by atoms with van der Waals surface area (Å²) in [6.07, 6.45) is 7.47. The quantitative estimate of drug-likeness (QED) is 0.298. The van der Waals surface area contributed by atoms with Crippen molar-refractivity contribution in [2.24, 2.45) is 0 Å². The van der Waals surface area contributed by atoms with Gasteiger partial charge in [-0.1, -0.05) is 56.1 Å². The number of nitrogens with one attached hydrogen (secondary N) is 2. The fourth-order valence-electron chi connectivity index (χ4n) is 4.45. The summed E-state index contributed by atoms with van der Waals surface area (Å²) in [6.45, 7) is 4.39. The van der Waals surface area contributed by atoms with Crippen LogP contribution in [0.15, 0.2) is 34.2 Å². The first-order valence-corrected chi connectivity index (χ1v) is 14.4. The Morgan fingerprint density at radius 2 is 1.97 bits per heavy atom. The van der Waals surface area contributed by atoms with Gasteiger partial charge in [-0.05, 0) is 38.7 Å². The Morgan fingerprint density at radius 1 is 1.20 bits per heavy atom. The first-order chi connectivity index (χ1) is 17.0. The van der Waals surface area contributed by atoms with Crippen molar-refractivity contribution in [1.29, 1.82) is 0 Å². The van der Waals surface area contributed by atoms with Crippen molar-refractivity contribution in [3.63, 3.8) is 0 Å². The fourth-order valence-corrected chi connectivity index (χ4v) is 6.37. The van der Waals surface area contributed by atoms with Crippen LogP contribution in [-0.2, 0) is 16.1 Å². The number of carbonyl (C=O) groups is 2. The van der Waals surface area contributed by atoms with Crippen molar-refractivity contribution in [1.82, 2.24) is 20.2 Å². The van der Waals surface area contributed by atoms with Gasteiger partial charge in [-0.25, -0.2) is 4.98 Å². The van der Waals surface area contributed by atoms with Crippen molar-refractivity contribution < 1.29 is 9.59 Å². The molecule has 1 atom stereocenters. The van der Waals surface area contributed by atoms with Crippen LogP contribution >= 0.6 is 23.1 Å². The molecule has 0 bridgehead atoms. The molecule has 7 nitrogen and oxygen atoms in total. The Morgan fingerprint density at radius 3 is 2.74 bits per heavy atom. The van der Waals surface area contributed by atoms with Gasteiger partial charge in [0, 0.05) is 35.1 Å². The van der Waals surface area contributed by atoms with E-state index in [0.29, 0.717) is 34.8 Å². The minimum Gasteiger partial charge on any atom is -0.353 e. The van der Waals surface area contributed by atoms with E-state index in [0.717, 1.165) is 29.3 Å².